The average molecular weight is 779 g/mol. The lowest BCUT2D eigenvalue weighted by Crippen LogP contribution is -2.17. The van der Waals surface area contributed by atoms with Crippen molar-refractivity contribution >= 4 is 84.6 Å². The molecule has 2 heterocycles. The van der Waals surface area contributed by atoms with Gasteiger partial charge in [0.2, 0.25) is 9.05 Å². The summed E-state index contributed by atoms with van der Waals surface area (Å²) in [6, 6.07) is 11.8. The van der Waals surface area contributed by atoms with Crippen LogP contribution in [0.2, 0.25) is 0 Å². The van der Waals surface area contributed by atoms with Crippen LogP contribution in [0.15, 0.2) is 60.9 Å². The van der Waals surface area contributed by atoms with Crippen molar-refractivity contribution in [3.05, 3.63) is 92.3 Å². The zero-order valence-corrected chi connectivity index (χ0v) is 29.4. The molecule has 0 fully saturated rings. The summed E-state index contributed by atoms with van der Waals surface area (Å²) in [6.45, 7) is 3.45. The first-order valence-corrected chi connectivity index (χ1v) is 19.2. The molecule has 264 valence electrons. The van der Waals surface area contributed by atoms with Gasteiger partial charge in [0.05, 0.1) is 32.5 Å². The van der Waals surface area contributed by atoms with Crippen LogP contribution < -0.4 is 14.8 Å². The minimum Gasteiger partial charge on any atom is -0.507 e. The number of rotatable bonds is 12. The maximum atomic E-state index is 12.3. The van der Waals surface area contributed by atoms with Gasteiger partial charge in [-0.25, -0.2) is 18.4 Å². The second kappa shape index (κ2) is 18.7. The molecule has 0 saturated heterocycles. The van der Waals surface area contributed by atoms with Gasteiger partial charge in [-0.3, -0.25) is 40.5 Å². The van der Waals surface area contributed by atoms with Crippen LogP contribution in [0.5, 0.6) is 11.5 Å². The van der Waals surface area contributed by atoms with Crippen LogP contribution in [0, 0.1) is 20.2 Å². The van der Waals surface area contributed by atoms with E-state index >= 15 is 0 Å². The van der Waals surface area contributed by atoms with E-state index in [0.29, 0.717) is 24.2 Å². The Morgan fingerprint density at radius 3 is 1.67 bits per heavy atom. The van der Waals surface area contributed by atoms with Crippen LogP contribution in [0.1, 0.15) is 47.4 Å². The van der Waals surface area contributed by atoms with Crippen molar-refractivity contribution in [2.24, 2.45) is 0 Å². The van der Waals surface area contributed by atoms with Crippen LogP contribution in [-0.2, 0) is 19.2 Å². The monoisotopic (exact) mass is 778 g/mol. The van der Waals surface area contributed by atoms with Crippen molar-refractivity contribution in [1.29, 1.82) is 0 Å². The number of halogens is 1. The number of para-hydroxylation sites is 2. The summed E-state index contributed by atoms with van der Waals surface area (Å²) in [5.74, 6) is -1.63. The Morgan fingerprint density at radius 2 is 1.27 bits per heavy atom. The molecular weight excluding hydrogens is 752 g/mol. The Bertz CT molecular complexity index is 2000. The standard InChI is InChI=1S/C13H13N3O6S2.C10H7N3O4S.C3H7ClO2S/c1-2-7-24(20,21)22-10-6-4-3-5-9(10)12(17)15-13-14-8-11(23-13)16(18)19;14-7-4-2-1-3-6(7)9(15)12-10-11-5-8(18-10)13(16)17;1-2-3-7(4,5)6/h3-6,8H,2,7H2,1H3,(H,14,15,17);1-5,14H,(H,11,12,15);2-3H2,1H3. The molecule has 49 heavy (non-hydrogen) atoms. The molecule has 23 heteroatoms. The first kappa shape index (κ1) is 40.4. The number of amides is 2. The number of phenolic OH excluding ortho intramolecular Hbond substituents is 1. The van der Waals surface area contributed by atoms with Gasteiger partial charge >= 0.3 is 20.1 Å². The molecule has 18 nitrogen and oxygen atoms in total. The number of aromatic nitrogens is 2. The van der Waals surface area contributed by atoms with Gasteiger partial charge < -0.3 is 9.29 Å². The Labute approximate surface area is 291 Å². The Hall–Kier alpha value is -4.77. The molecule has 4 rings (SSSR count). The summed E-state index contributed by atoms with van der Waals surface area (Å²) in [5.41, 5.74) is 0.0605. The van der Waals surface area contributed by atoms with Crippen molar-refractivity contribution in [2.75, 3.05) is 22.1 Å². The van der Waals surface area contributed by atoms with E-state index in [9.17, 15) is 51.8 Å². The van der Waals surface area contributed by atoms with Crippen LogP contribution in [-0.4, -0.2) is 65.1 Å². The van der Waals surface area contributed by atoms with Gasteiger partial charge in [0.15, 0.2) is 16.0 Å². The second-order valence-electron chi connectivity index (χ2n) is 9.03. The molecule has 3 N–H and O–H groups in total. The third kappa shape index (κ3) is 14.1. The number of phenols is 1. The highest BCUT2D eigenvalue weighted by atomic mass is 35.7. The highest BCUT2D eigenvalue weighted by molar-refractivity contribution is 8.13. The van der Waals surface area contributed by atoms with E-state index in [1.807, 2.05) is 0 Å². The lowest BCUT2D eigenvalue weighted by molar-refractivity contribution is -0.380. The number of aromatic hydroxyl groups is 1. The summed E-state index contributed by atoms with van der Waals surface area (Å²) < 4.78 is 48.5. The number of thiazole rings is 2. The van der Waals surface area contributed by atoms with Gasteiger partial charge in [-0.15, -0.1) is 0 Å². The number of hydrogen-bond acceptors (Lipinski definition) is 16. The number of anilines is 2. The molecule has 0 spiro atoms. The quantitative estimate of drug-likeness (QED) is 0.0704. The zero-order chi connectivity index (χ0) is 36.8. The molecule has 0 aliphatic rings. The SMILES string of the molecule is CCCS(=O)(=O)Cl.CCCS(=O)(=O)Oc1ccccc1C(=O)Nc1ncc([N+](=O)[O-])s1.O=C(Nc1ncc([N+](=O)[O-])s1)c1ccccc1O. The van der Waals surface area contributed by atoms with E-state index in [1.165, 1.54) is 30.3 Å². The fourth-order valence-corrected chi connectivity index (χ4v) is 6.42. The van der Waals surface area contributed by atoms with Gasteiger partial charge in [0, 0.05) is 10.7 Å². The molecule has 0 radical (unpaired) electrons. The molecule has 2 amide bonds. The van der Waals surface area contributed by atoms with Gasteiger partial charge in [0.1, 0.15) is 18.1 Å². The van der Waals surface area contributed by atoms with Crippen molar-refractivity contribution in [2.45, 2.75) is 26.7 Å². The van der Waals surface area contributed by atoms with E-state index in [-0.39, 0.29) is 54.4 Å². The van der Waals surface area contributed by atoms with Gasteiger partial charge in [-0.2, -0.15) is 8.42 Å². The number of nitro groups is 2. The van der Waals surface area contributed by atoms with E-state index in [0.717, 1.165) is 23.7 Å². The third-order valence-corrected chi connectivity index (χ3v) is 9.62. The smallest absolute Gasteiger partial charge is 0.345 e. The number of carbonyl (C=O) groups excluding carboxylic acids is 2. The summed E-state index contributed by atoms with van der Waals surface area (Å²) in [6.07, 6.45) is 3.05. The molecule has 0 aliphatic heterocycles. The van der Waals surface area contributed by atoms with Gasteiger partial charge in [-0.05, 0) is 59.8 Å². The number of hydrogen-bond donors (Lipinski definition) is 3. The zero-order valence-electron chi connectivity index (χ0n) is 25.3. The predicted octanol–water partition coefficient (Wildman–Crippen LogP) is 5.40. The molecule has 0 atom stereocenters. The summed E-state index contributed by atoms with van der Waals surface area (Å²) in [5, 5.41) is 35.0. The molecule has 0 aliphatic carbocycles. The van der Waals surface area contributed by atoms with Crippen LogP contribution in [0.3, 0.4) is 0 Å². The topological polar surface area (TPSA) is 268 Å². The van der Waals surface area contributed by atoms with Crippen molar-refractivity contribution < 1.29 is 45.6 Å². The lowest BCUT2D eigenvalue weighted by atomic mass is 10.2. The first-order valence-electron chi connectivity index (χ1n) is 13.5. The van der Waals surface area contributed by atoms with Crippen molar-refractivity contribution in [3.63, 3.8) is 0 Å². The summed E-state index contributed by atoms with van der Waals surface area (Å²) >= 11 is 1.44. The molecule has 2 aromatic heterocycles. The Balaban J connectivity index is 0.000000293. The summed E-state index contributed by atoms with van der Waals surface area (Å²) in [4.78, 5) is 51.3. The lowest BCUT2D eigenvalue weighted by Gasteiger charge is -2.10. The summed E-state index contributed by atoms with van der Waals surface area (Å²) in [7, 11) is -2.20. The van der Waals surface area contributed by atoms with E-state index in [1.54, 1.807) is 32.0 Å². The number of carbonyl (C=O) groups is 2. The third-order valence-electron chi connectivity index (χ3n) is 5.19. The normalized spacial score (nSPS) is 10.8. The van der Waals surface area contributed by atoms with Crippen molar-refractivity contribution in [3.8, 4) is 11.5 Å². The Kier molecular flexibility index (Phi) is 15.4. The maximum absolute atomic E-state index is 12.3. The minimum atomic E-state index is -3.80. The highest BCUT2D eigenvalue weighted by Crippen LogP contribution is 2.28. The first-order chi connectivity index (χ1) is 23.0. The molecular formula is C26H27ClN6O12S4. The number of nitrogens with zero attached hydrogens (tertiary/aromatic N) is 4. The van der Waals surface area contributed by atoms with Gasteiger partial charge in [-0.1, -0.05) is 38.1 Å². The number of nitrogens with one attached hydrogen (secondary N) is 2. The molecule has 2 aromatic carbocycles. The minimum absolute atomic E-state index is 0.0185. The fourth-order valence-electron chi connectivity index (χ4n) is 3.21. The van der Waals surface area contributed by atoms with E-state index in [2.05, 4.69) is 20.6 Å². The molecule has 4 aromatic rings. The van der Waals surface area contributed by atoms with Crippen molar-refractivity contribution in [1.82, 2.24) is 9.97 Å². The molecule has 0 bridgehead atoms. The fraction of sp³-hybridized carbons (Fsp3) is 0.231. The second-order valence-corrected chi connectivity index (χ2v) is 15.6. The number of benzene rings is 2. The largest absolute Gasteiger partial charge is 0.507 e. The van der Waals surface area contributed by atoms with Crippen LogP contribution >= 0.6 is 33.4 Å². The van der Waals surface area contributed by atoms with E-state index in [4.69, 9.17) is 14.9 Å². The van der Waals surface area contributed by atoms with E-state index < -0.39 is 40.8 Å². The van der Waals surface area contributed by atoms with Gasteiger partial charge in [0.25, 0.3) is 11.8 Å². The van der Waals surface area contributed by atoms with Crippen LogP contribution in [0.4, 0.5) is 20.3 Å². The predicted molar refractivity (Wildman–Crippen MR) is 183 cm³/mol. The average Bonchev–Trinajstić information content (AvgIpc) is 3.68. The van der Waals surface area contributed by atoms with Crippen LogP contribution in [0.25, 0.3) is 0 Å². The maximum Gasteiger partial charge on any atom is 0.345 e. The molecule has 0 saturated carbocycles. The Morgan fingerprint density at radius 1 is 0.816 bits per heavy atom. The molecule has 0 unspecified atom stereocenters. The highest BCUT2D eigenvalue weighted by Gasteiger charge is 2.20.